The first-order valence-corrected chi connectivity index (χ1v) is 12.8. The van der Waals surface area contributed by atoms with Crippen molar-refractivity contribution >= 4 is 11.6 Å². The van der Waals surface area contributed by atoms with Gasteiger partial charge in [0.15, 0.2) is 5.82 Å². The molecule has 1 saturated heterocycles. The number of morpholine rings is 1. The van der Waals surface area contributed by atoms with Gasteiger partial charge in [0.25, 0.3) is 0 Å². The van der Waals surface area contributed by atoms with E-state index in [1.807, 2.05) is 24.3 Å². The van der Waals surface area contributed by atoms with E-state index in [2.05, 4.69) is 28.2 Å². The average molecular weight is 485 g/mol. The van der Waals surface area contributed by atoms with Gasteiger partial charge >= 0.3 is 0 Å². The minimum absolute atomic E-state index is 0.00227. The molecule has 1 aromatic heterocycles. The lowest BCUT2D eigenvalue weighted by Gasteiger charge is -2.35. The Kier molecular flexibility index (Phi) is 9.14. The SMILES string of the molecule is CNCC(O)COc1cccc(-c2nc(N3CCO[C@H](CN)C3)cc(N(C)C3CCCCC3)n2)c1. The third-order valence-corrected chi connectivity index (χ3v) is 6.88. The molecule has 9 nitrogen and oxygen atoms in total. The number of anilines is 2. The molecule has 2 fully saturated rings. The Morgan fingerprint density at radius 1 is 1.26 bits per heavy atom. The first-order chi connectivity index (χ1) is 17.1. The molecule has 1 aliphatic heterocycles. The molecule has 2 aromatic rings. The molecule has 0 bridgehead atoms. The van der Waals surface area contributed by atoms with Crippen molar-refractivity contribution in [3.63, 3.8) is 0 Å². The molecule has 192 valence electrons. The summed E-state index contributed by atoms with van der Waals surface area (Å²) in [6, 6.07) is 10.4. The average Bonchev–Trinajstić information content (AvgIpc) is 2.92. The van der Waals surface area contributed by atoms with Crippen LogP contribution >= 0.6 is 0 Å². The largest absolute Gasteiger partial charge is 0.491 e. The normalized spacial score (nSPS) is 20.0. The number of rotatable bonds is 10. The van der Waals surface area contributed by atoms with Crippen molar-refractivity contribution in [2.75, 3.05) is 63.3 Å². The summed E-state index contributed by atoms with van der Waals surface area (Å²) in [5.41, 5.74) is 6.78. The van der Waals surface area contributed by atoms with Crippen LogP contribution in [0.25, 0.3) is 11.4 Å². The summed E-state index contributed by atoms with van der Waals surface area (Å²) in [6.07, 6.45) is 5.65. The van der Waals surface area contributed by atoms with Gasteiger partial charge in [-0.3, -0.25) is 0 Å². The van der Waals surface area contributed by atoms with Crippen LogP contribution in [-0.2, 0) is 4.74 Å². The summed E-state index contributed by atoms with van der Waals surface area (Å²) >= 11 is 0. The molecule has 4 rings (SSSR count). The fraction of sp³-hybridized carbons (Fsp3) is 0.615. The molecule has 1 aliphatic carbocycles. The third-order valence-electron chi connectivity index (χ3n) is 6.88. The standard InChI is InChI=1S/C26H40N6O3/c1-28-16-21(33)18-35-22-10-6-7-19(13-22)26-29-24(31(2)20-8-4-3-5-9-20)14-25(30-26)32-11-12-34-23(15-27)17-32/h6-7,10,13-14,20-21,23,28,33H,3-5,8-9,11-12,15-18,27H2,1-2H3/t21?,23-/m1/s1. The minimum atomic E-state index is -0.573. The van der Waals surface area contributed by atoms with E-state index in [4.69, 9.17) is 25.2 Å². The maximum absolute atomic E-state index is 10.00. The monoisotopic (exact) mass is 484 g/mol. The lowest BCUT2D eigenvalue weighted by Crippen LogP contribution is -2.46. The smallest absolute Gasteiger partial charge is 0.163 e. The lowest BCUT2D eigenvalue weighted by molar-refractivity contribution is 0.0463. The van der Waals surface area contributed by atoms with Gasteiger partial charge in [-0.1, -0.05) is 31.4 Å². The van der Waals surface area contributed by atoms with Crippen LogP contribution in [0.5, 0.6) is 5.75 Å². The molecule has 0 radical (unpaired) electrons. The van der Waals surface area contributed by atoms with Crippen LogP contribution < -0.4 is 25.6 Å². The first kappa shape index (κ1) is 25.6. The number of aliphatic hydroxyl groups excluding tert-OH is 1. The van der Waals surface area contributed by atoms with Crippen LogP contribution in [0, 0.1) is 0 Å². The number of nitrogens with zero attached hydrogens (tertiary/aromatic N) is 4. The van der Waals surface area contributed by atoms with Crippen LogP contribution in [0.3, 0.4) is 0 Å². The molecule has 9 heteroatoms. The number of ether oxygens (including phenoxy) is 2. The van der Waals surface area contributed by atoms with Crippen LogP contribution in [0.15, 0.2) is 30.3 Å². The molecule has 0 spiro atoms. The van der Waals surface area contributed by atoms with Gasteiger partial charge in [-0.25, -0.2) is 9.97 Å². The highest BCUT2D eigenvalue weighted by Gasteiger charge is 2.25. The van der Waals surface area contributed by atoms with E-state index in [0.717, 1.165) is 23.7 Å². The maximum atomic E-state index is 10.00. The quantitative estimate of drug-likeness (QED) is 0.467. The van der Waals surface area contributed by atoms with Crippen LogP contribution in [0.4, 0.5) is 11.6 Å². The van der Waals surface area contributed by atoms with E-state index in [1.165, 1.54) is 32.1 Å². The molecule has 1 aromatic carbocycles. The van der Waals surface area contributed by atoms with E-state index in [9.17, 15) is 5.11 Å². The predicted molar refractivity (Wildman–Crippen MR) is 139 cm³/mol. The topological polar surface area (TPSA) is 109 Å². The number of hydrogen-bond acceptors (Lipinski definition) is 9. The number of benzene rings is 1. The molecule has 2 heterocycles. The molecule has 2 aliphatic rings. The molecule has 1 saturated carbocycles. The van der Waals surface area contributed by atoms with E-state index in [1.54, 1.807) is 7.05 Å². The summed E-state index contributed by atoms with van der Waals surface area (Å²) in [5.74, 6) is 3.18. The Labute approximate surface area is 208 Å². The number of likely N-dealkylation sites (N-methyl/N-ethyl adjacent to an activating group) is 1. The highest BCUT2D eigenvalue weighted by atomic mass is 16.5. The van der Waals surface area contributed by atoms with E-state index in [0.29, 0.717) is 43.9 Å². The van der Waals surface area contributed by atoms with Crippen molar-refractivity contribution in [1.29, 1.82) is 0 Å². The maximum Gasteiger partial charge on any atom is 0.163 e. The summed E-state index contributed by atoms with van der Waals surface area (Å²) in [4.78, 5) is 14.5. The third kappa shape index (κ3) is 6.82. The number of aliphatic hydroxyl groups is 1. The Balaban J connectivity index is 1.63. The van der Waals surface area contributed by atoms with Crippen molar-refractivity contribution in [1.82, 2.24) is 15.3 Å². The predicted octanol–water partition coefficient (Wildman–Crippen LogP) is 2.04. The molecule has 2 atom stereocenters. The van der Waals surface area contributed by atoms with E-state index < -0.39 is 6.10 Å². The second-order valence-corrected chi connectivity index (χ2v) is 9.54. The van der Waals surface area contributed by atoms with Crippen molar-refractivity contribution in [3.8, 4) is 17.1 Å². The molecule has 0 amide bonds. The van der Waals surface area contributed by atoms with Crippen molar-refractivity contribution in [2.24, 2.45) is 5.73 Å². The molecule has 1 unspecified atom stereocenters. The summed E-state index contributed by atoms with van der Waals surface area (Å²) < 4.78 is 11.6. The minimum Gasteiger partial charge on any atom is -0.491 e. The van der Waals surface area contributed by atoms with Gasteiger partial charge in [-0.2, -0.15) is 0 Å². The fourth-order valence-corrected chi connectivity index (χ4v) is 4.83. The van der Waals surface area contributed by atoms with Gasteiger partial charge in [0.1, 0.15) is 30.1 Å². The molecular formula is C26H40N6O3. The summed E-state index contributed by atoms with van der Waals surface area (Å²) in [6.45, 7) is 3.30. The van der Waals surface area contributed by atoms with Gasteiger partial charge < -0.3 is 35.4 Å². The summed E-state index contributed by atoms with van der Waals surface area (Å²) in [7, 11) is 3.96. The number of nitrogens with two attached hydrogens (primary N) is 1. The van der Waals surface area contributed by atoms with Crippen molar-refractivity contribution in [3.05, 3.63) is 30.3 Å². The van der Waals surface area contributed by atoms with Gasteiger partial charge in [-0.05, 0) is 32.0 Å². The Morgan fingerprint density at radius 3 is 2.86 bits per heavy atom. The van der Waals surface area contributed by atoms with Gasteiger partial charge in [-0.15, -0.1) is 0 Å². The number of nitrogens with one attached hydrogen (secondary N) is 1. The van der Waals surface area contributed by atoms with Gasteiger partial charge in [0, 0.05) is 50.9 Å². The van der Waals surface area contributed by atoms with Gasteiger partial charge in [0.2, 0.25) is 0 Å². The number of aromatic nitrogens is 2. The second kappa shape index (κ2) is 12.5. The second-order valence-electron chi connectivity index (χ2n) is 9.54. The molecular weight excluding hydrogens is 444 g/mol. The highest BCUT2D eigenvalue weighted by molar-refractivity contribution is 5.64. The van der Waals surface area contributed by atoms with Gasteiger partial charge in [0.05, 0.1) is 12.7 Å². The fourth-order valence-electron chi connectivity index (χ4n) is 4.83. The number of hydrogen-bond donors (Lipinski definition) is 3. The molecule has 35 heavy (non-hydrogen) atoms. The van der Waals surface area contributed by atoms with Crippen molar-refractivity contribution < 1.29 is 14.6 Å². The zero-order valence-electron chi connectivity index (χ0n) is 21.0. The Bertz CT molecular complexity index is 919. The highest BCUT2D eigenvalue weighted by Crippen LogP contribution is 2.30. The molecule has 4 N–H and O–H groups in total. The Hall–Kier alpha value is -2.46. The Morgan fingerprint density at radius 2 is 2.09 bits per heavy atom. The van der Waals surface area contributed by atoms with Crippen molar-refractivity contribution in [2.45, 2.75) is 50.4 Å². The zero-order chi connectivity index (χ0) is 24.6. The lowest BCUT2D eigenvalue weighted by atomic mass is 9.94. The van der Waals surface area contributed by atoms with E-state index >= 15 is 0 Å². The first-order valence-electron chi connectivity index (χ1n) is 12.8. The van der Waals surface area contributed by atoms with Crippen LogP contribution in [-0.4, -0.2) is 86.8 Å². The summed E-state index contributed by atoms with van der Waals surface area (Å²) in [5, 5.41) is 13.0. The van der Waals surface area contributed by atoms with Crippen LogP contribution in [0.1, 0.15) is 32.1 Å². The zero-order valence-corrected chi connectivity index (χ0v) is 21.0. The van der Waals surface area contributed by atoms with Crippen LogP contribution in [0.2, 0.25) is 0 Å². The van der Waals surface area contributed by atoms with E-state index in [-0.39, 0.29) is 12.7 Å².